The minimum absolute atomic E-state index is 0.0981. The van der Waals surface area contributed by atoms with Crippen LogP contribution in [0.15, 0.2) is 53.5 Å². The van der Waals surface area contributed by atoms with Crippen molar-refractivity contribution < 1.29 is 19.1 Å². The van der Waals surface area contributed by atoms with Gasteiger partial charge < -0.3 is 14.8 Å². The first kappa shape index (κ1) is 22.6. The number of para-hydroxylation sites is 1. The Balaban J connectivity index is 1.76. The number of rotatable bonds is 10. The van der Waals surface area contributed by atoms with Crippen LogP contribution >= 0.6 is 23.1 Å². The van der Waals surface area contributed by atoms with E-state index < -0.39 is 5.97 Å². The summed E-state index contributed by atoms with van der Waals surface area (Å²) in [7, 11) is 1.30. The van der Waals surface area contributed by atoms with Crippen molar-refractivity contribution in [3.63, 3.8) is 0 Å². The molecule has 0 unspecified atom stereocenters. The quantitative estimate of drug-likeness (QED) is 0.277. The maximum Gasteiger partial charge on any atom is 0.340 e. The normalized spacial score (nSPS) is 10.5. The van der Waals surface area contributed by atoms with Crippen LogP contribution in [0, 0.1) is 0 Å². The summed E-state index contributed by atoms with van der Waals surface area (Å²) in [6.07, 6.45) is 1.74. The Morgan fingerprint density at radius 1 is 1.29 bits per heavy atom. The Morgan fingerprint density at radius 3 is 2.84 bits per heavy atom. The number of aromatic nitrogens is 3. The summed E-state index contributed by atoms with van der Waals surface area (Å²) in [6, 6.07) is 9.22. The van der Waals surface area contributed by atoms with Gasteiger partial charge in [-0.1, -0.05) is 30.0 Å². The minimum Gasteiger partial charge on any atom is -0.493 e. The molecule has 0 atom stereocenters. The fourth-order valence-corrected chi connectivity index (χ4v) is 4.33. The first-order chi connectivity index (χ1) is 15.1. The average molecular weight is 459 g/mol. The van der Waals surface area contributed by atoms with Crippen LogP contribution in [0.5, 0.6) is 5.75 Å². The molecule has 8 nitrogen and oxygen atoms in total. The van der Waals surface area contributed by atoms with Crippen LogP contribution < -0.4 is 10.1 Å². The van der Waals surface area contributed by atoms with Crippen LogP contribution in [0.25, 0.3) is 11.4 Å². The Bertz CT molecular complexity index is 1080. The molecule has 0 fully saturated rings. The van der Waals surface area contributed by atoms with Gasteiger partial charge in [0.25, 0.3) is 0 Å². The lowest BCUT2D eigenvalue weighted by Gasteiger charge is -2.11. The number of benzene rings is 1. The van der Waals surface area contributed by atoms with Crippen LogP contribution in [-0.2, 0) is 16.1 Å². The molecular formula is C21H22N4O4S2. The number of ether oxygens (including phenoxy) is 2. The molecule has 0 spiro atoms. The predicted octanol–water partition coefficient (Wildman–Crippen LogP) is 4.11. The van der Waals surface area contributed by atoms with Crippen molar-refractivity contribution in [1.29, 1.82) is 0 Å². The zero-order valence-corrected chi connectivity index (χ0v) is 18.8. The maximum absolute atomic E-state index is 12.5. The Kier molecular flexibility index (Phi) is 7.85. The van der Waals surface area contributed by atoms with Crippen LogP contribution in [-0.4, -0.2) is 46.1 Å². The lowest BCUT2D eigenvalue weighted by atomic mass is 10.2. The summed E-state index contributed by atoms with van der Waals surface area (Å²) in [4.78, 5) is 24.2. The summed E-state index contributed by atoms with van der Waals surface area (Å²) >= 11 is 2.51. The molecule has 0 aliphatic rings. The second-order valence-corrected chi connectivity index (χ2v) is 7.99. The Hall–Kier alpha value is -3.11. The van der Waals surface area contributed by atoms with E-state index in [2.05, 4.69) is 22.1 Å². The van der Waals surface area contributed by atoms with E-state index in [1.165, 1.54) is 30.2 Å². The highest BCUT2D eigenvalue weighted by molar-refractivity contribution is 7.99. The standard InChI is InChI=1S/C21H22N4O4S2/c1-4-11-25-18(14-8-6-7-9-16(14)29-5-2)23-24-21(25)31-13-17(26)22-19-15(10-12-30-19)20(27)28-3/h4,6-10,12H,1,5,11,13H2,2-3H3,(H,22,26). The first-order valence-electron chi connectivity index (χ1n) is 9.43. The van der Waals surface area contributed by atoms with Gasteiger partial charge in [0.05, 0.1) is 30.6 Å². The van der Waals surface area contributed by atoms with E-state index >= 15 is 0 Å². The van der Waals surface area contributed by atoms with E-state index in [4.69, 9.17) is 9.47 Å². The first-order valence-corrected chi connectivity index (χ1v) is 11.3. The van der Waals surface area contributed by atoms with Gasteiger partial charge in [-0.15, -0.1) is 28.1 Å². The average Bonchev–Trinajstić information content (AvgIpc) is 3.40. The number of thioether (sulfide) groups is 1. The minimum atomic E-state index is -0.493. The van der Waals surface area contributed by atoms with E-state index in [0.29, 0.717) is 40.4 Å². The number of carbonyl (C=O) groups is 2. The van der Waals surface area contributed by atoms with Gasteiger partial charge in [-0.3, -0.25) is 9.36 Å². The second kappa shape index (κ2) is 10.8. The molecule has 0 aliphatic carbocycles. The maximum atomic E-state index is 12.5. The number of allylic oxidation sites excluding steroid dienone is 1. The molecule has 3 aromatic rings. The van der Waals surface area contributed by atoms with Crippen molar-refractivity contribution in [2.75, 3.05) is 24.8 Å². The number of thiophene rings is 1. The largest absolute Gasteiger partial charge is 0.493 e. The highest BCUT2D eigenvalue weighted by atomic mass is 32.2. The molecular weight excluding hydrogens is 436 g/mol. The summed E-state index contributed by atoms with van der Waals surface area (Å²) < 4.78 is 12.3. The van der Waals surface area contributed by atoms with Gasteiger partial charge in [0.1, 0.15) is 10.8 Å². The lowest BCUT2D eigenvalue weighted by molar-refractivity contribution is -0.113. The lowest BCUT2D eigenvalue weighted by Crippen LogP contribution is -2.16. The van der Waals surface area contributed by atoms with Crippen molar-refractivity contribution in [1.82, 2.24) is 14.8 Å². The van der Waals surface area contributed by atoms with E-state index in [1.54, 1.807) is 17.5 Å². The van der Waals surface area contributed by atoms with Crippen molar-refractivity contribution >= 4 is 40.0 Å². The van der Waals surface area contributed by atoms with Crippen molar-refractivity contribution in [2.45, 2.75) is 18.6 Å². The van der Waals surface area contributed by atoms with Crippen molar-refractivity contribution in [3.05, 3.63) is 53.9 Å². The highest BCUT2D eigenvalue weighted by Crippen LogP contribution is 2.31. The van der Waals surface area contributed by atoms with E-state index in [9.17, 15) is 9.59 Å². The number of nitrogens with zero attached hydrogens (tertiary/aromatic N) is 3. The third kappa shape index (κ3) is 5.33. The number of hydrogen-bond acceptors (Lipinski definition) is 8. The van der Waals surface area contributed by atoms with Crippen LogP contribution in [0.1, 0.15) is 17.3 Å². The molecule has 31 heavy (non-hydrogen) atoms. The molecule has 3 rings (SSSR count). The molecule has 162 valence electrons. The highest BCUT2D eigenvalue weighted by Gasteiger charge is 2.19. The number of esters is 1. The van der Waals surface area contributed by atoms with Gasteiger partial charge in [0.15, 0.2) is 11.0 Å². The third-order valence-corrected chi connectivity index (χ3v) is 5.91. The molecule has 1 N–H and O–H groups in total. The SMILES string of the molecule is C=CCn1c(SCC(=O)Nc2sccc2C(=O)OC)nnc1-c1ccccc1OCC. The van der Waals surface area contributed by atoms with Crippen molar-refractivity contribution in [2.24, 2.45) is 0 Å². The zero-order valence-electron chi connectivity index (χ0n) is 17.2. The molecule has 0 bridgehead atoms. The van der Waals surface area contributed by atoms with Gasteiger partial charge in [-0.25, -0.2) is 4.79 Å². The molecule has 1 amide bonds. The second-order valence-electron chi connectivity index (χ2n) is 6.13. The van der Waals surface area contributed by atoms with Gasteiger partial charge in [-0.2, -0.15) is 0 Å². The molecule has 0 radical (unpaired) electrons. The molecule has 0 saturated carbocycles. The smallest absolute Gasteiger partial charge is 0.340 e. The molecule has 2 heterocycles. The van der Waals surface area contributed by atoms with E-state index in [1.807, 2.05) is 35.8 Å². The summed E-state index contributed by atoms with van der Waals surface area (Å²) in [5.74, 6) is 0.693. The zero-order chi connectivity index (χ0) is 22.2. The van der Waals surface area contributed by atoms with Gasteiger partial charge >= 0.3 is 5.97 Å². The number of methoxy groups -OCH3 is 1. The van der Waals surface area contributed by atoms with Gasteiger partial charge in [0, 0.05) is 6.54 Å². The van der Waals surface area contributed by atoms with Crippen LogP contribution in [0.2, 0.25) is 0 Å². The number of anilines is 1. The fraction of sp³-hybridized carbons (Fsp3) is 0.238. The summed E-state index contributed by atoms with van der Waals surface area (Å²) in [5.41, 5.74) is 1.15. The Labute approximate surface area is 188 Å². The number of amides is 1. The molecule has 2 aromatic heterocycles. The topological polar surface area (TPSA) is 95.3 Å². The van der Waals surface area contributed by atoms with E-state index in [0.717, 1.165) is 5.56 Å². The van der Waals surface area contributed by atoms with Gasteiger partial charge in [-0.05, 0) is 30.5 Å². The molecule has 10 heteroatoms. The monoisotopic (exact) mass is 458 g/mol. The number of nitrogens with one attached hydrogen (secondary N) is 1. The molecule has 0 saturated heterocycles. The third-order valence-electron chi connectivity index (χ3n) is 4.11. The van der Waals surface area contributed by atoms with Gasteiger partial charge in [0.2, 0.25) is 5.91 Å². The number of hydrogen-bond donors (Lipinski definition) is 1. The Morgan fingerprint density at radius 2 is 2.10 bits per heavy atom. The predicted molar refractivity (Wildman–Crippen MR) is 122 cm³/mol. The van der Waals surface area contributed by atoms with Crippen LogP contribution in [0.4, 0.5) is 5.00 Å². The molecule has 0 aliphatic heterocycles. The summed E-state index contributed by atoms with van der Waals surface area (Å²) in [6.45, 7) is 6.74. The van der Waals surface area contributed by atoms with Crippen molar-refractivity contribution in [3.8, 4) is 17.1 Å². The molecule has 1 aromatic carbocycles. The summed E-state index contributed by atoms with van der Waals surface area (Å²) in [5, 5.41) is 14.1. The number of carbonyl (C=O) groups excluding carboxylic acids is 2. The van der Waals surface area contributed by atoms with Crippen LogP contribution in [0.3, 0.4) is 0 Å². The van der Waals surface area contributed by atoms with E-state index in [-0.39, 0.29) is 11.7 Å². The fourth-order valence-electron chi connectivity index (χ4n) is 2.79.